The third kappa shape index (κ3) is 4.84. The van der Waals surface area contributed by atoms with Crippen molar-refractivity contribution in [3.8, 4) is 11.5 Å². The Morgan fingerprint density at radius 1 is 1.10 bits per heavy atom. The zero-order valence-corrected chi connectivity index (χ0v) is 16.2. The predicted octanol–water partition coefficient (Wildman–Crippen LogP) is 2.24. The van der Waals surface area contributed by atoms with Crippen molar-refractivity contribution in [3.05, 3.63) is 48.5 Å². The fraction of sp³-hybridized carbons (Fsp3) is 0.286. The molecule has 0 unspecified atom stereocenters. The SMILES string of the molecule is COc1ccc(NC(=O)COC(=O)[C@@H]2CC(=O)N(c3ccccc3)C2)c(OC)c1. The number of ether oxygens (including phenoxy) is 3. The van der Waals surface area contributed by atoms with E-state index in [4.69, 9.17) is 14.2 Å². The van der Waals surface area contributed by atoms with Crippen LogP contribution in [0, 0.1) is 5.92 Å². The molecule has 0 spiro atoms. The van der Waals surface area contributed by atoms with Gasteiger partial charge in [-0.3, -0.25) is 14.4 Å². The molecule has 1 atom stereocenters. The summed E-state index contributed by atoms with van der Waals surface area (Å²) in [4.78, 5) is 38.2. The summed E-state index contributed by atoms with van der Waals surface area (Å²) in [5.41, 5.74) is 1.16. The number of nitrogens with zero attached hydrogens (tertiary/aromatic N) is 1. The van der Waals surface area contributed by atoms with E-state index in [9.17, 15) is 14.4 Å². The van der Waals surface area contributed by atoms with Crippen LogP contribution in [-0.2, 0) is 19.1 Å². The van der Waals surface area contributed by atoms with Crippen LogP contribution in [0.2, 0.25) is 0 Å². The summed E-state index contributed by atoms with van der Waals surface area (Å²) < 4.78 is 15.4. The minimum absolute atomic E-state index is 0.0572. The van der Waals surface area contributed by atoms with Crippen LogP contribution in [0.15, 0.2) is 48.5 Å². The van der Waals surface area contributed by atoms with E-state index in [0.29, 0.717) is 17.2 Å². The van der Waals surface area contributed by atoms with Crippen molar-refractivity contribution in [1.29, 1.82) is 0 Å². The molecule has 0 bridgehead atoms. The van der Waals surface area contributed by atoms with Gasteiger partial charge >= 0.3 is 5.97 Å². The Kier molecular flexibility index (Phi) is 6.33. The topological polar surface area (TPSA) is 94.2 Å². The highest BCUT2D eigenvalue weighted by Gasteiger charge is 2.36. The second-order valence-corrected chi connectivity index (χ2v) is 6.46. The van der Waals surface area contributed by atoms with Gasteiger partial charge in [0.2, 0.25) is 5.91 Å². The van der Waals surface area contributed by atoms with Crippen molar-refractivity contribution in [1.82, 2.24) is 0 Å². The maximum Gasteiger partial charge on any atom is 0.311 e. The summed E-state index contributed by atoms with van der Waals surface area (Å²) in [5, 5.41) is 2.63. The minimum Gasteiger partial charge on any atom is -0.497 e. The van der Waals surface area contributed by atoms with E-state index in [2.05, 4.69) is 5.32 Å². The van der Waals surface area contributed by atoms with Gasteiger partial charge in [0.05, 0.1) is 25.8 Å². The Balaban J connectivity index is 1.53. The largest absolute Gasteiger partial charge is 0.497 e. The molecule has 1 aliphatic rings. The van der Waals surface area contributed by atoms with E-state index in [1.807, 2.05) is 18.2 Å². The third-order valence-corrected chi connectivity index (χ3v) is 4.55. The third-order valence-electron chi connectivity index (χ3n) is 4.55. The highest BCUT2D eigenvalue weighted by Crippen LogP contribution is 2.29. The molecule has 8 heteroatoms. The number of rotatable bonds is 7. The average Bonchev–Trinajstić information content (AvgIpc) is 3.14. The smallest absolute Gasteiger partial charge is 0.311 e. The molecule has 1 heterocycles. The van der Waals surface area contributed by atoms with Gasteiger partial charge in [0.25, 0.3) is 5.91 Å². The number of esters is 1. The Labute approximate surface area is 168 Å². The highest BCUT2D eigenvalue weighted by atomic mass is 16.5. The van der Waals surface area contributed by atoms with E-state index in [1.165, 1.54) is 14.2 Å². The fourth-order valence-corrected chi connectivity index (χ4v) is 3.07. The second kappa shape index (κ2) is 9.09. The first-order valence-corrected chi connectivity index (χ1v) is 9.05. The number of amides is 2. The average molecular weight is 398 g/mol. The van der Waals surface area contributed by atoms with Gasteiger partial charge in [-0.1, -0.05) is 18.2 Å². The first-order chi connectivity index (χ1) is 14.0. The van der Waals surface area contributed by atoms with Gasteiger partial charge in [-0.25, -0.2) is 0 Å². The molecular weight excluding hydrogens is 376 g/mol. The lowest BCUT2D eigenvalue weighted by Crippen LogP contribution is -2.28. The van der Waals surface area contributed by atoms with Crippen molar-refractivity contribution in [2.24, 2.45) is 5.92 Å². The zero-order chi connectivity index (χ0) is 20.8. The molecule has 0 radical (unpaired) electrons. The molecule has 29 heavy (non-hydrogen) atoms. The number of benzene rings is 2. The molecule has 0 aromatic heterocycles. The van der Waals surface area contributed by atoms with E-state index in [-0.39, 0.29) is 18.9 Å². The molecule has 3 rings (SSSR count). The van der Waals surface area contributed by atoms with Gasteiger partial charge in [0, 0.05) is 24.7 Å². The number of carbonyl (C=O) groups excluding carboxylic acids is 3. The van der Waals surface area contributed by atoms with Crippen LogP contribution in [0.5, 0.6) is 11.5 Å². The van der Waals surface area contributed by atoms with Gasteiger partial charge in [-0.15, -0.1) is 0 Å². The number of hydrogen-bond acceptors (Lipinski definition) is 6. The van der Waals surface area contributed by atoms with Gasteiger partial charge in [0.1, 0.15) is 11.5 Å². The van der Waals surface area contributed by atoms with Crippen molar-refractivity contribution in [3.63, 3.8) is 0 Å². The molecule has 2 aromatic rings. The van der Waals surface area contributed by atoms with E-state index in [0.717, 1.165) is 5.69 Å². The molecule has 2 amide bonds. The van der Waals surface area contributed by atoms with Crippen molar-refractivity contribution >= 4 is 29.2 Å². The zero-order valence-electron chi connectivity index (χ0n) is 16.2. The molecule has 152 valence electrons. The lowest BCUT2D eigenvalue weighted by molar-refractivity contribution is -0.151. The molecular formula is C21H22N2O6. The fourth-order valence-electron chi connectivity index (χ4n) is 3.07. The van der Waals surface area contributed by atoms with Crippen LogP contribution in [-0.4, -0.2) is 45.2 Å². The summed E-state index contributed by atoms with van der Waals surface area (Å²) in [7, 11) is 3.00. The number of carbonyl (C=O) groups is 3. The van der Waals surface area contributed by atoms with Crippen molar-refractivity contribution in [2.45, 2.75) is 6.42 Å². The number of hydrogen-bond donors (Lipinski definition) is 1. The maximum absolute atomic E-state index is 12.3. The van der Waals surface area contributed by atoms with Crippen LogP contribution in [0.4, 0.5) is 11.4 Å². The van der Waals surface area contributed by atoms with Crippen LogP contribution >= 0.6 is 0 Å². The summed E-state index contributed by atoms with van der Waals surface area (Å²) in [6, 6.07) is 14.0. The van der Waals surface area contributed by atoms with Crippen LogP contribution in [0.3, 0.4) is 0 Å². The molecule has 1 N–H and O–H groups in total. The van der Waals surface area contributed by atoms with E-state index < -0.39 is 24.4 Å². The first kappa shape index (κ1) is 20.2. The molecule has 8 nitrogen and oxygen atoms in total. The van der Waals surface area contributed by atoms with Crippen LogP contribution < -0.4 is 19.7 Å². The molecule has 2 aromatic carbocycles. The predicted molar refractivity (Wildman–Crippen MR) is 106 cm³/mol. The quantitative estimate of drug-likeness (QED) is 0.719. The summed E-state index contributed by atoms with van der Waals surface area (Å²) in [6.45, 7) is -0.223. The number of para-hydroxylation sites is 1. The normalized spacial score (nSPS) is 15.7. The Hall–Kier alpha value is -3.55. The molecule has 1 saturated heterocycles. The Morgan fingerprint density at radius 3 is 2.55 bits per heavy atom. The first-order valence-electron chi connectivity index (χ1n) is 9.05. The molecule has 0 saturated carbocycles. The lowest BCUT2D eigenvalue weighted by atomic mass is 10.1. The number of anilines is 2. The number of methoxy groups -OCH3 is 2. The Morgan fingerprint density at radius 2 is 1.86 bits per heavy atom. The summed E-state index contributed by atoms with van der Waals surface area (Å²) in [6.07, 6.45) is 0.0572. The van der Waals surface area contributed by atoms with Gasteiger partial charge in [0.15, 0.2) is 6.61 Å². The molecule has 0 aliphatic carbocycles. The molecule has 1 fully saturated rings. The summed E-state index contributed by atoms with van der Waals surface area (Å²) in [5.74, 6) is -0.833. The van der Waals surface area contributed by atoms with Crippen molar-refractivity contribution in [2.75, 3.05) is 37.6 Å². The Bertz CT molecular complexity index is 899. The van der Waals surface area contributed by atoms with Crippen molar-refractivity contribution < 1.29 is 28.6 Å². The highest BCUT2D eigenvalue weighted by molar-refractivity contribution is 6.00. The van der Waals surface area contributed by atoms with Gasteiger partial charge in [-0.05, 0) is 24.3 Å². The van der Waals surface area contributed by atoms with Gasteiger partial charge in [-0.2, -0.15) is 0 Å². The lowest BCUT2D eigenvalue weighted by Gasteiger charge is -2.16. The second-order valence-electron chi connectivity index (χ2n) is 6.46. The standard InChI is InChI=1S/C21H22N2O6/c1-27-16-8-9-17(18(11-16)28-2)22-19(24)13-29-21(26)14-10-20(25)23(12-14)15-6-4-3-5-7-15/h3-9,11,14H,10,12-13H2,1-2H3,(H,22,24)/t14-/m1/s1. The summed E-state index contributed by atoms with van der Waals surface area (Å²) >= 11 is 0. The van der Waals surface area contributed by atoms with Gasteiger partial charge < -0.3 is 24.4 Å². The minimum atomic E-state index is -0.606. The molecule has 1 aliphatic heterocycles. The number of nitrogens with one attached hydrogen (secondary N) is 1. The monoisotopic (exact) mass is 398 g/mol. The maximum atomic E-state index is 12.3. The van der Waals surface area contributed by atoms with Crippen LogP contribution in [0.1, 0.15) is 6.42 Å². The van der Waals surface area contributed by atoms with E-state index in [1.54, 1.807) is 35.2 Å². The van der Waals surface area contributed by atoms with Crippen LogP contribution in [0.25, 0.3) is 0 Å². The van der Waals surface area contributed by atoms with E-state index >= 15 is 0 Å².